The summed E-state index contributed by atoms with van der Waals surface area (Å²) < 4.78 is 18.6. The third kappa shape index (κ3) is 5.48. The molecular formula is C20H25FN2O2. The number of methoxy groups -OCH3 is 1. The molecule has 0 aliphatic rings. The predicted octanol–water partition coefficient (Wildman–Crippen LogP) is 4.17. The second kappa shape index (κ2) is 9.06. The minimum atomic E-state index is -0.425. The first-order valence-electron chi connectivity index (χ1n) is 8.37. The van der Waals surface area contributed by atoms with Crippen molar-refractivity contribution in [3.05, 3.63) is 65.5 Å². The minimum Gasteiger partial charge on any atom is -0.494 e. The summed E-state index contributed by atoms with van der Waals surface area (Å²) in [5.74, 6) is 0.152. The maximum absolute atomic E-state index is 13.7. The maximum Gasteiger partial charge on any atom is 0.317 e. The number of nitrogens with zero attached hydrogens (tertiary/aromatic N) is 1. The van der Waals surface area contributed by atoms with Crippen molar-refractivity contribution in [1.82, 2.24) is 10.2 Å². The van der Waals surface area contributed by atoms with E-state index < -0.39 is 5.82 Å². The van der Waals surface area contributed by atoms with Crippen molar-refractivity contribution in [2.45, 2.75) is 25.8 Å². The lowest BCUT2D eigenvalue weighted by Gasteiger charge is -2.19. The molecule has 2 aromatic carbocycles. The first kappa shape index (κ1) is 18.8. The van der Waals surface area contributed by atoms with Gasteiger partial charge in [0.1, 0.15) is 0 Å². The third-order valence-electron chi connectivity index (χ3n) is 4.20. The van der Waals surface area contributed by atoms with E-state index in [0.717, 1.165) is 6.42 Å². The quantitative estimate of drug-likeness (QED) is 0.819. The Labute approximate surface area is 148 Å². The van der Waals surface area contributed by atoms with Crippen LogP contribution in [0.4, 0.5) is 9.18 Å². The lowest BCUT2D eigenvalue weighted by atomic mass is 9.98. The molecule has 0 bridgehead atoms. The van der Waals surface area contributed by atoms with Crippen molar-refractivity contribution in [2.24, 2.45) is 0 Å². The first-order valence-corrected chi connectivity index (χ1v) is 8.37. The third-order valence-corrected chi connectivity index (χ3v) is 4.20. The van der Waals surface area contributed by atoms with Crippen LogP contribution >= 0.6 is 0 Å². The Hall–Kier alpha value is -2.56. The normalized spacial score (nSPS) is 11.7. The molecule has 0 heterocycles. The molecule has 2 amide bonds. The number of carbonyl (C=O) groups is 1. The Morgan fingerprint density at radius 3 is 2.60 bits per heavy atom. The molecule has 1 unspecified atom stereocenters. The number of hydrogen-bond donors (Lipinski definition) is 1. The topological polar surface area (TPSA) is 41.6 Å². The van der Waals surface area contributed by atoms with Gasteiger partial charge in [0.15, 0.2) is 11.6 Å². The number of urea groups is 1. The summed E-state index contributed by atoms with van der Waals surface area (Å²) in [6, 6.07) is 14.8. The van der Waals surface area contributed by atoms with E-state index in [1.165, 1.54) is 23.6 Å². The summed E-state index contributed by atoms with van der Waals surface area (Å²) in [5.41, 5.74) is 1.98. The predicted molar refractivity (Wildman–Crippen MR) is 97.3 cm³/mol. The fourth-order valence-electron chi connectivity index (χ4n) is 2.63. The van der Waals surface area contributed by atoms with E-state index >= 15 is 0 Å². The molecule has 0 fully saturated rings. The van der Waals surface area contributed by atoms with Crippen LogP contribution in [0.5, 0.6) is 5.75 Å². The van der Waals surface area contributed by atoms with Crippen LogP contribution in [0.1, 0.15) is 30.4 Å². The summed E-state index contributed by atoms with van der Waals surface area (Å²) >= 11 is 0. The van der Waals surface area contributed by atoms with Crippen LogP contribution in [0.15, 0.2) is 48.5 Å². The molecule has 0 aliphatic heterocycles. The van der Waals surface area contributed by atoms with Crippen molar-refractivity contribution in [2.75, 3.05) is 20.7 Å². The zero-order chi connectivity index (χ0) is 18.2. The molecule has 2 rings (SSSR count). The van der Waals surface area contributed by atoms with Crippen molar-refractivity contribution >= 4 is 6.03 Å². The average molecular weight is 344 g/mol. The zero-order valence-electron chi connectivity index (χ0n) is 15.0. The zero-order valence-corrected chi connectivity index (χ0v) is 15.0. The van der Waals surface area contributed by atoms with Gasteiger partial charge in [-0.15, -0.1) is 0 Å². The van der Waals surface area contributed by atoms with Crippen molar-refractivity contribution in [3.8, 4) is 5.75 Å². The largest absolute Gasteiger partial charge is 0.494 e. The molecule has 0 spiro atoms. The molecule has 1 atom stereocenters. The van der Waals surface area contributed by atoms with E-state index in [9.17, 15) is 9.18 Å². The number of halogens is 1. The van der Waals surface area contributed by atoms with Gasteiger partial charge in [-0.3, -0.25) is 0 Å². The Kier molecular flexibility index (Phi) is 6.81. The highest BCUT2D eigenvalue weighted by molar-refractivity contribution is 5.73. The van der Waals surface area contributed by atoms with Crippen LogP contribution in [0.2, 0.25) is 0 Å². The van der Waals surface area contributed by atoms with Gasteiger partial charge >= 0.3 is 6.03 Å². The number of amides is 2. The number of ether oxygens (including phenoxy) is 1. The number of rotatable bonds is 7. The number of benzene rings is 2. The van der Waals surface area contributed by atoms with Gasteiger partial charge in [-0.2, -0.15) is 0 Å². The van der Waals surface area contributed by atoms with Crippen molar-refractivity contribution < 1.29 is 13.9 Å². The average Bonchev–Trinajstić information content (AvgIpc) is 2.62. The van der Waals surface area contributed by atoms with Crippen LogP contribution in [0.25, 0.3) is 0 Å². The van der Waals surface area contributed by atoms with Gasteiger partial charge in [0.25, 0.3) is 0 Å². The molecule has 0 aromatic heterocycles. The van der Waals surface area contributed by atoms with E-state index in [4.69, 9.17) is 4.74 Å². The highest BCUT2D eigenvalue weighted by Gasteiger charge is 2.11. The standard InChI is InChI=1S/C20H25FN2O2/c1-15(17-7-5-4-6-8-17)11-12-22-20(24)23(2)14-16-9-10-19(25-3)18(21)13-16/h4-10,13,15H,11-12,14H2,1-3H3,(H,22,24). The van der Waals surface area contributed by atoms with E-state index in [1.54, 1.807) is 19.2 Å². The molecule has 0 saturated heterocycles. The van der Waals surface area contributed by atoms with Gasteiger partial charge in [-0.25, -0.2) is 9.18 Å². The van der Waals surface area contributed by atoms with Gasteiger partial charge in [0, 0.05) is 20.1 Å². The van der Waals surface area contributed by atoms with Gasteiger partial charge < -0.3 is 15.0 Å². The first-order chi connectivity index (χ1) is 12.0. The van der Waals surface area contributed by atoms with Crippen LogP contribution in [-0.4, -0.2) is 31.6 Å². The summed E-state index contributed by atoms with van der Waals surface area (Å²) in [4.78, 5) is 13.7. The van der Waals surface area contributed by atoms with Crippen LogP contribution in [0.3, 0.4) is 0 Å². The minimum absolute atomic E-state index is 0.170. The SMILES string of the molecule is COc1ccc(CN(C)C(=O)NCCC(C)c2ccccc2)cc1F. The molecule has 0 saturated carbocycles. The molecule has 4 nitrogen and oxygen atoms in total. The Morgan fingerprint density at radius 1 is 1.24 bits per heavy atom. The monoisotopic (exact) mass is 344 g/mol. The smallest absolute Gasteiger partial charge is 0.317 e. The number of carbonyl (C=O) groups excluding carboxylic acids is 1. The van der Waals surface area contributed by atoms with Crippen molar-refractivity contribution in [3.63, 3.8) is 0 Å². The van der Waals surface area contributed by atoms with Crippen molar-refractivity contribution in [1.29, 1.82) is 0 Å². The summed E-state index contributed by atoms with van der Waals surface area (Å²) in [6.45, 7) is 3.07. The fraction of sp³-hybridized carbons (Fsp3) is 0.350. The molecule has 0 aliphatic carbocycles. The van der Waals surface area contributed by atoms with Crippen LogP contribution < -0.4 is 10.1 Å². The van der Waals surface area contributed by atoms with Crippen LogP contribution in [0, 0.1) is 5.82 Å². The van der Waals surface area contributed by atoms with Gasteiger partial charge in [-0.05, 0) is 35.6 Å². The molecule has 0 radical (unpaired) electrons. The maximum atomic E-state index is 13.7. The van der Waals surface area contributed by atoms with Gasteiger partial charge in [0.05, 0.1) is 7.11 Å². The lowest BCUT2D eigenvalue weighted by Crippen LogP contribution is -2.37. The highest BCUT2D eigenvalue weighted by Crippen LogP contribution is 2.19. The summed E-state index contributed by atoms with van der Waals surface area (Å²) in [5, 5.41) is 2.91. The van der Waals surface area contributed by atoms with E-state index in [2.05, 4.69) is 24.4 Å². The second-order valence-electron chi connectivity index (χ2n) is 6.16. The Balaban J connectivity index is 1.79. The van der Waals surface area contributed by atoms with Gasteiger partial charge in [-0.1, -0.05) is 43.3 Å². The number of nitrogens with one attached hydrogen (secondary N) is 1. The van der Waals surface area contributed by atoms with Gasteiger partial charge in [0.2, 0.25) is 0 Å². The molecule has 25 heavy (non-hydrogen) atoms. The second-order valence-corrected chi connectivity index (χ2v) is 6.16. The highest BCUT2D eigenvalue weighted by atomic mass is 19.1. The molecule has 2 aromatic rings. The van der Waals surface area contributed by atoms with Crippen LogP contribution in [-0.2, 0) is 6.54 Å². The van der Waals surface area contributed by atoms with E-state index in [-0.39, 0.29) is 11.8 Å². The van der Waals surface area contributed by atoms with E-state index in [0.29, 0.717) is 24.6 Å². The lowest BCUT2D eigenvalue weighted by molar-refractivity contribution is 0.206. The fourth-order valence-corrected chi connectivity index (χ4v) is 2.63. The molecular weight excluding hydrogens is 319 g/mol. The van der Waals surface area contributed by atoms with E-state index in [1.807, 2.05) is 18.2 Å². The molecule has 5 heteroatoms. The summed E-state index contributed by atoms with van der Waals surface area (Å²) in [6.07, 6.45) is 0.862. The molecule has 1 N–H and O–H groups in total. The number of hydrogen-bond acceptors (Lipinski definition) is 2. The Morgan fingerprint density at radius 2 is 1.96 bits per heavy atom. The molecule has 134 valence electrons. The Bertz CT molecular complexity index is 691. The summed E-state index contributed by atoms with van der Waals surface area (Å²) in [7, 11) is 3.12.